The van der Waals surface area contributed by atoms with Crippen molar-refractivity contribution in [2.24, 2.45) is 0 Å². The van der Waals surface area contributed by atoms with Crippen LogP contribution in [0, 0.1) is 5.82 Å². The average molecular weight is 362 g/mol. The van der Waals surface area contributed by atoms with Crippen molar-refractivity contribution < 1.29 is 9.18 Å². The summed E-state index contributed by atoms with van der Waals surface area (Å²) in [4.78, 5) is 14.0. The highest BCUT2D eigenvalue weighted by Gasteiger charge is 2.12. The average Bonchev–Trinajstić information content (AvgIpc) is 2.70. The minimum absolute atomic E-state index is 0.172. The molecule has 1 N–H and O–H groups in total. The fourth-order valence-electron chi connectivity index (χ4n) is 3.03. The summed E-state index contributed by atoms with van der Waals surface area (Å²) in [7, 11) is 1.76. The number of halogens is 1. The third-order valence-corrected chi connectivity index (χ3v) is 4.48. The number of carbonyl (C=O) groups excluding carboxylic acids is 1. The predicted molar refractivity (Wildman–Crippen MR) is 107 cm³/mol. The first kappa shape index (κ1) is 18.6. The van der Waals surface area contributed by atoms with Gasteiger partial charge in [-0.3, -0.25) is 0 Å². The van der Waals surface area contributed by atoms with Gasteiger partial charge in [-0.15, -0.1) is 0 Å². The second kappa shape index (κ2) is 8.99. The van der Waals surface area contributed by atoms with Gasteiger partial charge in [0.25, 0.3) is 0 Å². The van der Waals surface area contributed by atoms with E-state index in [1.54, 1.807) is 30.1 Å². The Morgan fingerprint density at radius 1 is 0.889 bits per heavy atom. The lowest BCUT2D eigenvalue weighted by Gasteiger charge is -2.20. The van der Waals surface area contributed by atoms with Crippen LogP contribution in [0.1, 0.15) is 11.1 Å². The predicted octanol–water partition coefficient (Wildman–Crippen LogP) is 4.88. The Hall–Kier alpha value is -3.14. The zero-order valence-electron chi connectivity index (χ0n) is 15.4. The Morgan fingerprint density at radius 2 is 1.52 bits per heavy atom. The van der Waals surface area contributed by atoms with Gasteiger partial charge in [0, 0.05) is 20.1 Å². The van der Waals surface area contributed by atoms with Crippen LogP contribution < -0.4 is 5.32 Å². The third kappa shape index (κ3) is 4.94. The summed E-state index contributed by atoms with van der Waals surface area (Å²) in [6.07, 6.45) is 0.465. The summed E-state index contributed by atoms with van der Waals surface area (Å²) in [6.45, 7) is 0.890. The lowest BCUT2D eigenvalue weighted by molar-refractivity contribution is 0.207. The number of benzene rings is 3. The van der Waals surface area contributed by atoms with Crippen LogP contribution in [0.15, 0.2) is 78.9 Å². The summed E-state index contributed by atoms with van der Waals surface area (Å²) in [5.74, 6) is -0.239. The standard InChI is InChI=1S/C23H23FN2O/c1-26(23(27)25-16-15-19-11-6-8-14-22(19)24)17-20-12-5-7-13-21(20)18-9-3-2-4-10-18/h2-14H,15-17H2,1H3,(H,25,27). The Labute approximate surface area is 159 Å². The van der Waals surface area contributed by atoms with Crippen molar-refractivity contribution in [3.8, 4) is 11.1 Å². The van der Waals surface area contributed by atoms with Crippen LogP contribution in [0.4, 0.5) is 9.18 Å². The Morgan fingerprint density at radius 3 is 2.26 bits per heavy atom. The molecule has 0 heterocycles. The van der Waals surface area contributed by atoms with Crippen molar-refractivity contribution in [3.05, 3.63) is 95.8 Å². The molecule has 3 aromatic carbocycles. The van der Waals surface area contributed by atoms with Gasteiger partial charge in [0.05, 0.1) is 0 Å². The van der Waals surface area contributed by atoms with Crippen molar-refractivity contribution in [2.45, 2.75) is 13.0 Å². The monoisotopic (exact) mass is 362 g/mol. The number of nitrogens with zero attached hydrogens (tertiary/aromatic N) is 1. The number of hydrogen-bond acceptors (Lipinski definition) is 1. The fourth-order valence-corrected chi connectivity index (χ4v) is 3.03. The second-order valence-electron chi connectivity index (χ2n) is 6.45. The van der Waals surface area contributed by atoms with Crippen LogP contribution >= 0.6 is 0 Å². The van der Waals surface area contributed by atoms with Gasteiger partial charge in [-0.05, 0) is 34.7 Å². The van der Waals surface area contributed by atoms with Crippen LogP contribution in [0.3, 0.4) is 0 Å². The summed E-state index contributed by atoms with van der Waals surface area (Å²) < 4.78 is 13.6. The molecule has 0 radical (unpaired) electrons. The van der Waals surface area contributed by atoms with Gasteiger partial charge in [0.1, 0.15) is 5.82 Å². The van der Waals surface area contributed by atoms with Crippen molar-refractivity contribution in [3.63, 3.8) is 0 Å². The van der Waals surface area contributed by atoms with Crippen molar-refractivity contribution >= 4 is 6.03 Å². The van der Waals surface area contributed by atoms with Crippen molar-refractivity contribution in [2.75, 3.05) is 13.6 Å². The molecule has 0 unspecified atom stereocenters. The SMILES string of the molecule is CN(Cc1ccccc1-c1ccccc1)C(=O)NCCc1ccccc1F. The van der Waals surface area contributed by atoms with E-state index in [0.29, 0.717) is 25.1 Å². The summed E-state index contributed by atoms with van der Waals surface area (Å²) >= 11 is 0. The first-order valence-corrected chi connectivity index (χ1v) is 9.01. The van der Waals surface area contributed by atoms with E-state index in [9.17, 15) is 9.18 Å². The summed E-state index contributed by atoms with van der Waals surface area (Å²) in [5, 5.41) is 2.86. The van der Waals surface area contributed by atoms with Gasteiger partial charge >= 0.3 is 6.03 Å². The maximum atomic E-state index is 13.6. The smallest absolute Gasteiger partial charge is 0.317 e. The lowest BCUT2D eigenvalue weighted by Crippen LogP contribution is -2.37. The van der Waals surface area contributed by atoms with Crippen molar-refractivity contribution in [1.82, 2.24) is 10.2 Å². The van der Waals surface area contributed by atoms with E-state index in [0.717, 1.165) is 16.7 Å². The molecule has 0 aromatic heterocycles. The molecule has 0 spiro atoms. The van der Waals surface area contributed by atoms with E-state index in [2.05, 4.69) is 23.5 Å². The Kier molecular flexibility index (Phi) is 6.21. The number of hydrogen-bond donors (Lipinski definition) is 1. The number of nitrogens with one attached hydrogen (secondary N) is 1. The van der Waals surface area contributed by atoms with Gasteiger partial charge in [-0.2, -0.15) is 0 Å². The molecule has 0 aliphatic carbocycles. The van der Waals surface area contributed by atoms with Gasteiger partial charge < -0.3 is 10.2 Å². The summed E-state index contributed by atoms with van der Waals surface area (Å²) in [5.41, 5.74) is 3.93. The first-order valence-electron chi connectivity index (χ1n) is 9.01. The highest BCUT2D eigenvalue weighted by atomic mass is 19.1. The molecule has 0 saturated carbocycles. The largest absolute Gasteiger partial charge is 0.338 e. The van der Waals surface area contributed by atoms with E-state index in [1.165, 1.54) is 6.07 Å². The molecule has 0 aliphatic heterocycles. The Bertz CT molecular complexity index is 896. The normalized spacial score (nSPS) is 10.4. The quantitative estimate of drug-likeness (QED) is 0.666. The molecule has 3 aromatic rings. The third-order valence-electron chi connectivity index (χ3n) is 4.48. The molecular formula is C23H23FN2O. The van der Waals surface area contributed by atoms with E-state index >= 15 is 0 Å². The van der Waals surface area contributed by atoms with Gasteiger partial charge in [-0.1, -0.05) is 72.8 Å². The first-order chi connectivity index (χ1) is 13.1. The van der Waals surface area contributed by atoms with E-state index in [-0.39, 0.29) is 11.8 Å². The minimum atomic E-state index is -0.239. The molecule has 138 valence electrons. The molecule has 0 bridgehead atoms. The van der Waals surface area contributed by atoms with E-state index in [4.69, 9.17) is 0 Å². The molecule has 0 aliphatic rings. The zero-order valence-corrected chi connectivity index (χ0v) is 15.4. The minimum Gasteiger partial charge on any atom is -0.338 e. The maximum Gasteiger partial charge on any atom is 0.317 e. The molecule has 0 atom stereocenters. The van der Waals surface area contributed by atoms with E-state index < -0.39 is 0 Å². The molecular weight excluding hydrogens is 339 g/mol. The number of urea groups is 1. The number of carbonyl (C=O) groups is 1. The van der Waals surface area contributed by atoms with Crippen LogP contribution in [-0.2, 0) is 13.0 Å². The van der Waals surface area contributed by atoms with Gasteiger partial charge in [0.2, 0.25) is 0 Å². The van der Waals surface area contributed by atoms with Crippen LogP contribution in [-0.4, -0.2) is 24.5 Å². The molecule has 3 rings (SSSR count). The van der Waals surface area contributed by atoms with Crippen molar-refractivity contribution in [1.29, 1.82) is 0 Å². The van der Waals surface area contributed by atoms with Gasteiger partial charge in [-0.25, -0.2) is 9.18 Å². The molecule has 0 saturated heterocycles. The topological polar surface area (TPSA) is 32.3 Å². The lowest BCUT2D eigenvalue weighted by atomic mass is 9.99. The Balaban J connectivity index is 1.60. The number of rotatable bonds is 6. The fraction of sp³-hybridized carbons (Fsp3) is 0.174. The summed E-state index contributed by atoms with van der Waals surface area (Å²) in [6, 6.07) is 24.7. The van der Waals surface area contributed by atoms with Crippen LogP contribution in [0.2, 0.25) is 0 Å². The molecule has 2 amide bonds. The van der Waals surface area contributed by atoms with E-state index in [1.807, 2.05) is 36.4 Å². The highest BCUT2D eigenvalue weighted by Crippen LogP contribution is 2.24. The zero-order chi connectivity index (χ0) is 19.1. The molecule has 4 heteroatoms. The van der Waals surface area contributed by atoms with Gasteiger partial charge in [0.15, 0.2) is 0 Å². The molecule has 0 fully saturated rings. The molecule has 3 nitrogen and oxygen atoms in total. The number of amides is 2. The highest BCUT2D eigenvalue weighted by molar-refractivity contribution is 5.74. The molecule has 27 heavy (non-hydrogen) atoms. The van der Waals surface area contributed by atoms with Crippen LogP contribution in [0.25, 0.3) is 11.1 Å². The van der Waals surface area contributed by atoms with Crippen LogP contribution in [0.5, 0.6) is 0 Å². The maximum absolute atomic E-state index is 13.6. The second-order valence-corrected chi connectivity index (χ2v) is 6.45.